The molecule has 0 atom stereocenters. The van der Waals surface area contributed by atoms with Gasteiger partial charge in [0.15, 0.2) is 4.67 Å². The van der Waals surface area contributed by atoms with Gasteiger partial charge >= 0.3 is 5.97 Å². The number of para-hydroxylation sites is 2. The van der Waals surface area contributed by atoms with Gasteiger partial charge in [0.2, 0.25) is 0 Å². The van der Waals surface area contributed by atoms with Crippen molar-refractivity contribution in [3.05, 3.63) is 41.3 Å². The van der Waals surface area contributed by atoms with Crippen molar-refractivity contribution in [1.82, 2.24) is 9.55 Å². The second-order valence-electron chi connectivity index (χ2n) is 4.01. The molecule has 0 amide bonds. The standard InChI is InChI=1S/C13H9BrN2O3/c14-12-8(5-6-19-12)13-15-9-3-1-2-4-10(9)16(13)7-11(17)18/h1-6H,7H2,(H,17,18). The van der Waals surface area contributed by atoms with Crippen molar-refractivity contribution in [3.8, 4) is 11.4 Å². The summed E-state index contributed by atoms with van der Waals surface area (Å²) in [6.07, 6.45) is 1.53. The molecular formula is C13H9BrN2O3. The molecule has 0 saturated heterocycles. The fourth-order valence-electron chi connectivity index (χ4n) is 2.03. The minimum absolute atomic E-state index is 0.145. The zero-order valence-corrected chi connectivity index (χ0v) is 11.3. The number of carboxylic acid groups (broad SMARTS) is 1. The number of halogens is 1. The van der Waals surface area contributed by atoms with E-state index in [9.17, 15) is 4.79 Å². The van der Waals surface area contributed by atoms with Crippen molar-refractivity contribution in [2.75, 3.05) is 0 Å². The summed E-state index contributed by atoms with van der Waals surface area (Å²) in [5, 5.41) is 9.05. The minimum Gasteiger partial charge on any atom is -0.480 e. The number of rotatable bonds is 3. The van der Waals surface area contributed by atoms with Gasteiger partial charge in [0, 0.05) is 0 Å². The van der Waals surface area contributed by atoms with E-state index in [1.54, 1.807) is 10.6 Å². The van der Waals surface area contributed by atoms with Crippen LogP contribution in [-0.4, -0.2) is 20.6 Å². The molecule has 1 N–H and O–H groups in total. The first kappa shape index (κ1) is 12.0. The highest BCUT2D eigenvalue weighted by Gasteiger charge is 2.17. The van der Waals surface area contributed by atoms with Gasteiger partial charge in [0.1, 0.15) is 12.4 Å². The summed E-state index contributed by atoms with van der Waals surface area (Å²) in [6.45, 7) is -0.145. The maximum atomic E-state index is 11.0. The average molecular weight is 321 g/mol. The molecule has 0 bridgehead atoms. The number of aromatic nitrogens is 2. The zero-order valence-electron chi connectivity index (χ0n) is 9.71. The third kappa shape index (κ3) is 2.04. The van der Waals surface area contributed by atoms with E-state index in [-0.39, 0.29) is 6.54 Å². The number of imidazole rings is 1. The first-order chi connectivity index (χ1) is 9.16. The molecule has 2 aromatic heterocycles. The molecule has 3 rings (SSSR count). The van der Waals surface area contributed by atoms with Crippen LogP contribution in [0, 0.1) is 0 Å². The van der Waals surface area contributed by atoms with Crippen molar-refractivity contribution in [1.29, 1.82) is 0 Å². The van der Waals surface area contributed by atoms with Crippen molar-refractivity contribution in [3.63, 3.8) is 0 Å². The van der Waals surface area contributed by atoms with Gasteiger partial charge in [-0.05, 0) is 34.1 Å². The molecule has 6 heteroatoms. The largest absolute Gasteiger partial charge is 0.480 e. The summed E-state index contributed by atoms with van der Waals surface area (Å²) < 4.78 is 7.39. The molecule has 0 aliphatic carbocycles. The summed E-state index contributed by atoms with van der Waals surface area (Å²) >= 11 is 3.29. The van der Waals surface area contributed by atoms with Crippen LogP contribution in [0.2, 0.25) is 0 Å². The first-order valence-electron chi connectivity index (χ1n) is 5.57. The van der Waals surface area contributed by atoms with Crippen molar-refractivity contribution < 1.29 is 14.3 Å². The number of carboxylic acids is 1. The Morgan fingerprint density at radius 2 is 2.16 bits per heavy atom. The van der Waals surface area contributed by atoms with Gasteiger partial charge in [-0.3, -0.25) is 4.79 Å². The molecule has 0 saturated carbocycles. The second-order valence-corrected chi connectivity index (χ2v) is 4.73. The highest BCUT2D eigenvalue weighted by atomic mass is 79.9. The lowest BCUT2D eigenvalue weighted by atomic mass is 10.3. The van der Waals surface area contributed by atoms with Crippen LogP contribution in [0.15, 0.2) is 45.7 Å². The van der Waals surface area contributed by atoms with Gasteiger partial charge in [-0.15, -0.1) is 0 Å². The van der Waals surface area contributed by atoms with Crippen LogP contribution in [0.1, 0.15) is 0 Å². The SMILES string of the molecule is O=C(O)Cn1c(-c2ccoc2Br)nc2ccccc21. The average Bonchev–Trinajstić information content (AvgIpc) is 2.93. The number of furan rings is 1. The molecule has 19 heavy (non-hydrogen) atoms. The molecule has 3 aromatic rings. The van der Waals surface area contributed by atoms with Crippen molar-refractivity contribution in [2.24, 2.45) is 0 Å². The Morgan fingerprint density at radius 3 is 2.84 bits per heavy atom. The molecule has 0 aliphatic rings. The fraction of sp³-hybridized carbons (Fsp3) is 0.0769. The van der Waals surface area contributed by atoms with E-state index in [0.29, 0.717) is 10.5 Å². The van der Waals surface area contributed by atoms with E-state index in [4.69, 9.17) is 9.52 Å². The van der Waals surface area contributed by atoms with E-state index in [0.717, 1.165) is 16.6 Å². The van der Waals surface area contributed by atoms with Crippen LogP contribution in [0.5, 0.6) is 0 Å². The minimum atomic E-state index is -0.913. The predicted molar refractivity (Wildman–Crippen MR) is 72.8 cm³/mol. The molecule has 0 fully saturated rings. The van der Waals surface area contributed by atoms with Gasteiger partial charge < -0.3 is 14.1 Å². The van der Waals surface area contributed by atoms with E-state index in [1.165, 1.54) is 6.26 Å². The summed E-state index contributed by atoms with van der Waals surface area (Å²) in [7, 11) is 0. The number of hydrogen-bond acceptors (Lipinski definition) is 3. The van der Waals surface area contributed by atoms with Crippen LogP contribution in [-0.2, 0) is 11.3 Å². The molecular weight excluding hydrogens is 312 g/mol. The van der Waals surface area contributed by atoms with E-state index >= 15 is 0 Å². The van der Waals surface area contributed by atoms with Gasteiger partial charge in [-0.2, -0.15) is 0 Å². The second kappa shape index (κ2) is 4.55. The molecule has 1 aromatic carbocycles. The smallest absolute Gasteiger partial charge is 0.323 e. The number of fused-ring (bicyclic) bond motifs is 1. The van der Waals surface area contributed by atoms with Crippen LogP contribution in [0.25, 0.3) is 22.4 Å². The third-order valence-corrected chi connectivity index (χ3v) is 3.42. The molecule has 0 spiro atoms. The lowest BCUT2D eigenvalue weighted by molar-refractivity contribution is -0.137. The van der Waals surface area contributed by atoms with Gasteiger partial charge in [-0.25, -0.2) is 4.98 Å². The number of aliphatic carboxylic acids is 1. The Bertz CT molecular complexity index is 760. The number of benzene rings is 1. The van der Waals surface area contributed by atoms with E-state index in [2.05, 4.69) is 20.9 Å². The fourth-order valence-corrected chi connectivity index (χ4v) is 2.45. The molecule has 2 heterocycles. The number of hydrogen-bond donors (Lipinski definition) is 1. The number of nitrogens with zero attached hydrogens (tertiary/aromatic N) is 2. The predicted octanol–water partition coefficient (Wildman–Crippen LogP) is 3.14. The van der Waals surface area contributed by atoms with Crippen LogP contribution >= 0.6 is 15.9 Å². The Morgan fingerprint density at radius 1 is 1.37 bits per heavy atom. The first-order valence-corrected chi connectivity index (χ1v) is 6.36. The highest BCUT2D eigenvalue weighted by Crippen LogP contribution is 2.31. The molecule has 0 radical (unpaired) electrons. The Hall–Kier alpha value is -2.08. The van der Waals surface area contributed by atoms with Crippen molar-refractivity contribution >= 4 is 32.9 Å². The lowest BCUT2D eigenvalue weighted by Gasteiger charge is -2.04. The van der Waals surface area contributed by atoms with Gasteiger partial charge in [0.25, 0.3) is 0 Å². The zero-order chi connectivity index (χ0) is 13.4. The highest BCUT2D eigenvalue weighted by molar-refractivity contribution is 9.10. The Balaban J connectivity index is 2.28. The third-order valence-electron chi connectivity index (χ3n) is 2.81. The monoisotopic (exact) mass is 320 g/mol. The topological polar surface area (TPSA) is 68.3 Å². The van der Waals surface area contributed by atoms with Gasteiger partial charge in [-0.1, -0.05) is 12.1 Å². The summed E-state index contributed by atoms with van der Waals surface area (Å²) in [4.78, 5) is 15.5. The Kier molecular flexibility index (Phi) is 2.87. The van der Waals surface area contributed by atoms with E-state index in [1.807, 2.05) is 24.3 Å². The summed E-state index contributed by atoms with van der Waals surface area (Å²) in [5.41, 5.74) is 2.28. The normalized spacial score (nSPS) is 11.0. The molecule has 0 aliphatic heterocycles. The maximum Gasteiger partial charge on any atom is 0.323 e. The summed E-state index contributed by atoms with van der Waals surface area (Å²) in [5.74, 6) is -0.340. The van der Waals surface area contributed by atoms with Crippen LogP contribution in [0.3, 0.4) is 0 Å². The van der Waals surface area contributed by atoms with Crippen molar-refractivity contribution in [2.45, 2.75) is 6.54 Å². The molecule has 5 nitrogen and oxygen atoms in total. The number of carbonyl (C=O) groups is 1. The molecule has 0 unspecified atom stereocenters. The lowest BCUT2D eigenvalue weighted by Crippen LogP contribution is -2.09. The Labute approximate surface area is 116 Å². The van der Waals surface area contributed by atoms with E-state index < -0.39 is 5.97 Å². The maximum absolute atomic E-state index is 11.0. The quantitative estimate of drug-likeness (QED) is 0.805. The van der Waals surface area contributed by atoms with Crippen LogP contribution < -0.4 is 0 Å². The summed E-state index contributed by atoms with van der Waals surface area (Å²) in [6, 6.07) is 9.18. The van der Waals surface area contributed by atoms with Gasteiger partial charge in [0.05, 0.1) is 22.9 Å². The van der Waals surface area contributed by atoms with Crippen LogP contribution in [0.4, 0.5) is 0 Å². The molecule has 96 valence electrons.